The highest BCUT2D eigenvalue weighted by Gasteiger charge is 2.59. The maximum absolute atomic E-state index is 6.57. The van der Waals surface area contributed by atoms with Crippen molar-refractivity contribution in [2.24, 2.45) is 46.3 Å². The fourth-order valence-electron chi connectivity index (χ4n) is 11.7. The topological polar surface area (TPSA) is 30.9 Å². The lowest BCUT2D eigenvalue weighted by molar-refractivity contribution is -0.0641. The predicted molar refractivity (Wildman–Crippen MR) is 218 cm³/mol. The first kappa shape index (κ1) is 43.3. The molecule has 4 aliphatic carbocycles. The van der Waals surface area contributed by atoms with E-state index in [1.807, 2.05) is 0 Å². The summed E-state index contributed by atoms with van der Waals surface area (Å²) >= 11 is 0. The second-order valence-corrected chi connectivity index (χ2v) is 19.3. The van der Waals surface area contributed by atoms with Crippen LogP contribution < -0.4 is 0 Å². The van der Waals surface area contributed by atoms with Gasteiger partial charge in [0.25, 0.3) is 0 Å². The van der Waals surface area contributed by atoms with Gasteiger partial charge in [0.15, 0.2) is 0 Å². The number of likely N-dealkylation sites (N-methyl/N-ethyl adjacent to an activating group) is 1. The Morgan fingerprint density at radius 3 is 2.02 bits per heavy atom. The zero-order chi connectivity index (χ0) is 36.7. The van der Waals surface area contributed by atoms with E-state index in [9.17, 15) is 0 Å². The van der Waals surface area contributed by atoms with Gasteiger partial charge in [0.05, 0.1) is 25.4 Å². The van der Waals surface area contributed by atoms with Gasteiger partial charge in [-0.1, -0.05) is 124 Å². The van der Waals surface area contributed by atoms with Crippen LogP contribution in [-0.4, -0.2) is 64.2 Å². The lowest BCUT2D eigenvalue weighted by Crippen LogP contribution is -2.51. The zero-order valence-corrected chi connectivity index (χ0v) is 35.5. The van der Waals surface area contributed by atoms with E-state index < -0.39 is 0 Å². The molecule has 3 saturated carbocycles. The van der Waals surface area contributed by atoms with Crippen LogP contribution in [0, 0.1) is 46.3 Å². The monoisotopic (exact) mass is 714 g/mol. The molecule has 0 aromatic carbocycles. The SMILES string of the molecule is CCCCCCCOC[C@@H](COCCCCCCCCOC1CCC2(C)C(=CCC3[C@@H]2CCC2(C)[C@@H]([C@H](C)CCCC(C)C)CC[C@@H]32)C1)N(C)C. The molecule has 0 bridgehead atoms. The molecule has 4 rings (SSSR count). The van der Waals surface area contributed by atoms with Crippen molar-refractivity contribution in [3.63, 3.8) is 0 Å². The molecule has 3 fully saturated rings. The molecule has 0 heterocycles. The summed E-state index contributed by atoms with van der Waals surface area (Å²) in [5.74, 6) is 5.51. The molecular weight excluding hydrogens is 627 g/mol. The molecular formula is C47H87NO3. The van der Waals surface area contributed by atoms with Crippen molar-refractivity contribution in [1.29, 1.82) is 0 Å². The third-order valence-corrected chi connectivity index (χ3v) is 15.0. The van der Waals surface area contributed by atoms with Crippen molar-refractivity contribution in [3.8, 4) is 0 Å². The van der Waals surface area contributed by atoms with Crippen LogP contribution in [0.2, 0.25) is 0 Å². The van der Waals surface area contributed by atoms with Gasteiger partial charge in [-0.25, -0.2) is 0 Å². The molecule has 0 N–H and O–H groups in total. The van der Waals surface area contributed by atoms with Crippen LogP contribution in [0.15, 0.2) is 11.6 Å². The second kappa shape index (κ2) is 22.2. The van der Waals surface area contributed by atoms with Crippen LogP contribution in [0.25, 0.3) is 0 Å². The molecule has 0 aromatic rings. The lowest BCUT2D eigenvalue weighted by atomic mass is 9.47. The van der Waals surface area contributed by atoms with Gasteiger partial charge >= 0.3 is 0 Å². The van der Waals surface area contributed by atoms with Gasteiger partial charge in [-0.3, -0.25) is 0 Å². The van der Waals surface area contributed by atoms with E-state index in [0.29, 0.717) is 23.0 Å². The molecule has 0 saturated heterocycles. The van der Waals surface area contributed by atoms with Crippen LogP contribution in [0.5, 0.6) is 0 Å². The molecule has 0 aliphatic heterocycles. The molecule has 9 atom stereocenters. The molecule has 4 unspecified atom stereocenters. The first-order valence-corrected chi connectivity index (χ1v) is 22.7. The van der Waals surface area contributed by atoms with E-state index in [1.165, 1.54) is 141 Å². The lowest BCUT2D eigenvalue weighted by Gasteiger charge is -2.58. The van der Waals surface area contributed by atoms with Gasteiger partial charge in [0.2, 0.25) is 0 Å². The fourth-order valence-corrected chi connectivity index (χ4v) is 11.7. The van der Waals surface area contributed by atoms with Crippen molar-refractivity contribution in [1.82, 2.24) is 4.90 Å². The first-order valence-electron chi connectivity index (χ1n) is 22.7. The normalized spacial score (nSPS) is 31.7. The van der Waals surface area contributed by atoms with Crippen molar-refractivity contribution in [2.45, 2.75) is 195 Å². The highest BCUT2D eigenvalue weighted by molar-refractivity contribution is 5.25. The minimum atomic E-state index is 0.353. The van der Waals surface area contributed by atoms with Gasteiger partial charge in [-0.2, -0.15) is 0 Å². The van der Waals surface area contributed by atoms with E-state index in [1.54, 1.807) is 5.57 Å². The van der Waals surface area contributed by atoms with Gasteiger partial charge in [0.1, 0.15) is 0 Å². The number of unbranched alkanes of at least 4 members (excludes halogenated alkanes) is 9. The van der Waals surface area contributed by atoms with Crippen LogP contribution >= 0.6 is 0 Å². The predicted octanol–water partition coefficient (Wildman–Crippen LogP) is 12.7. The average Bonchev–Trinajstić information content (AvgIpc) is 3.46. The molecule has 4 heteroatoms. The third-order valence-electron chi connectivity index (χ3n) is 15.0. The van der Waals surface area contributed by atoms with Crippen LogP contribution in [0.3, 0.4) is 0 Å². The van der Waals surface area contributed by atoms with Gasteiger partial charge in [-0.05, 0) is 131 Å². The van der Waals surface area contributed by atoms with E-state index >= 15 is 0 Å². The smallest absolute Gasteiger partial charge is 0.0644 e. The molecule has 0 spiro atoms. The number of rotatable bonds is 26. The minimum absolute atomic E-state index is 0.353. The summed E-state index contributed by atoms with van der Waals surface area (Å²) < 4.78 is 18.6. The van der Waals surface area contributed by atoms with Crippen LogP contribution in [-0.2, 0) is 14.2 Å². The van der Waals surface area contributed by atoms with Crippen molar-refractivity contribution >= 4 is 0 Å². The Kier molecular flexibility index (Phi) is 18.9. The maximum atomic E-state index is 6.57. The largest absolute Gasteiger partial charge is 0.380 e. The Morgan fingerprint density at radius 1 is 0.725 bits per heavy atom. The molecule has 0 radical (unpaired) electrons. The summed E-state index contributed by atoms with van der Waals surface area (Å²) in [6.45, 7) is 19.3. The van der Waals surface area contributed by atoms with Crippen molar-refractivity contribution in [3.05, 3.63) is 11.6 Å². The number of hydrogen-bond donors (Lipinski definition) is 0. The number of nitrogens with zero attached hydrogens (tertiary/aromatic N) is 1. The summed E-state index contributed by atoms with van der Waals surface area (Å²) in [4.78, 5) is 2.25. The minimum Gasteiger partial charge on any atom is -0.380 e. The summed E-state index contributed by atoms with van der Waals surface area (Å²) in [5.41, 5.74) is 2.81. The Morgan fingerprint density at radius 2 is 1.37 bits per heavy atom. The average molecular weight is 714 g/mol. The molecule has 0 amide bonds. The highest BCUT2D eigenvalue weighted by Crippen LogP contribution is 2.67. The van der Waals surface area contributed by atoms with Crippen LogP contribution in [0.1, 0.15) is 183 Å². The molecule has 0 aromatic heterocycles. The Hall–Kier alpha value is -0.420. The zero-order valence-electron chi connectivity index (χ0n) is 35.5. The number of ether oxygens (including phenoxy) is 3. The molecule has 4 nitrogen and oxygen atoms in total. The fraction of sp³-hybridized carbons (Fsp3) is 0.957. The van der Waals surface area contributed by atoms with E-state index in [4.69, 9.17) is 14.2 Å². The Labute approximate surface area is 318 Å². The van der Waals surface area contributed by atoms with Crippen molar-refractivity contribution < 1.29 is 14.2 Å². The number of hydrogen-bond acceptors (Lipinski definition) is 4. The number of allylic oxidation sites excluding steroid dienone is 1. The first-order chi connectivity index (χ1) is 24.6. The molecule has 51 heavy (non-hydrogen) atoms. The van der Waals surface area contributed by atoms with E-state index in [0.717, 1.165) is 68.5 Å². The maximum Gasteiger partial charge on any atom is 0.0644 e. The Balaban J connectivity index is 1.06. The van der Waals surface area contributed by atoms with Gasteiger partial charge in [0, 0.05) is 19.8 Å². The summed E-state index contributed by atoms with van der Waals surface area (Å²) in [5, 5.41) is 0. The van der Waals surface area contributed by atoms with Crippen molar-refractivity contribution in [2.75, 3.05) is 47.1 Å². The molecule has 298 valence electrons. The quantitative estimate of drug-likeness (QED) is 0.0659. The van der Waals surface area contributed by atoms with Gasteiger partial charge in [-0.15, -0.1) is 0 Å². The van der Waals surface area contributed by atoms with E-state index in [2.05, 4.69) is 66.6 Å². The standard InChI is InChI=1S/C47H87NO3/c1-9-10-11-14-17-31-49-35-40(48(7)8)36-50-32-18-15-12-13-16-19-33-51-41-27-29-46(5)39(34-41)23-24-42-44-26-25-43(38(4)22-20-21-37(2)3)47(44,6)30-28-45(42)46/h23,37-38,40-45H,9-22,24-36H2,1-8H3/t38-,40+,41?,42?,43-,44+,45+,46?,47?/m1/s1. The summed E-state index contributed by atoms with van der Waals surface area (Å²) in [7, 11) is 4.28. The summed E-state index contributed by atoms with van der Waals surface area (Å²) in [6, 6.07) is 0.353. The summed E-state index contributed by atoms with van der Waals surface area (Å²) in [6.07, 6.45) is 32.7. The van der Waals surface area contributed by atoms with E-state index in [-0.39, 0.29) is 0 Å². The Bertz CT molecular complexity index is 979. The van der Waals surface area contributed by atoms with Gasteiger partial charge < -0.3 is 19.1 Å². The highest BCUT2D eigenvalue weighted by atomic mass is 16.5. The number of fused-ring (bicyclic) bond motifs is 5. The third kappa shape index (κ3) is 12.5. The van der Waals surface area contributed by atoms with Crippen LogP contribution in [0.4, 0.5) is 0 Å². The second-order valence-electron chi connectivity index (χ2n) is 19.3. The molecule has 4 aliphatic rings.